The third kappa shape index (κ3) is 4.15. The van der Waals surface area contributed by atoms with Crippen LogP contribution in [0.15, 0.2) is 30.3 Å². The van der Waals surface area contributed by atoms with Crippen LogP contribution in [0.25, 0.3) is 5.57 Å². The summed E-state index contributed by atoms with van der Waals surface area (Å²) in [6.45, 7) is 3.12. The van der Waals surface area contributed by atoms with Crippen LogP contribution in [0.3, 0.4) is 0 Å². The van der Waals surface area contributed by atoms with E-state index in [9.17, 15) is 0 Å². The number of benzene rings is 1. The summed E-state index contributed by atoms with van der Waals surface area (Å²) in [5.74, 6) is 0. The van der Waals surface area contributed by atoms with Crippen molar-refractivity contribution >= 4 is 18.0 Å². The van der Waals surface area contributed by atoms with Crippen LogP contribution < -0.4 is 5.32 Å². The van der Waals surface area contributed by atoms with Crippen LogP contribution in [-0.4, -0.2) is 32.1 Å². The molecule has 2 nitrogen and oxygen atoms in total. The fourth-order valence-corrected chi connectivity index (χ4v) is 2.12. The molecule has 17 heavy (non-hydrogen) atoms. The largest absolute Gasteiger partial charge is 0.313 e. The van der Waals surface area contributed by atoms with Gasteiger partial charge in [-0.05, 0) is 43.8 Å². The summed E-state index contributed by atoms with van der Waals surface area (Å²) in [5.41, 5.74) is 4.27. The van der Waals surface area contributed by atoms with E-state index in [0.29, 0.717) is 0 Å². The first-order valence-corrected chi connectivity index (χ1v) is 5.89. The van der Waals surface area contributed by atoms with Gasteiger partial charge in [0.25, 0.3) is 0 Å². The molecule has 0 fully saturated rings. The van der Waals surface area contributed by atoms with Gasteiger partial charge in [-0.1, -0.05) is 30.3 Å². The molecule has 0 atom stereocenters. The number of hydrogen-bond acceptors (Lipinski definition) is 2. The summed E-state index contributed by atoms with van der Waals surface area (Å²) in [4.78, 5) is 2.20. The maximum absolute atomic E-state index is 3.35. The molecule has 0 saturated carbocycles. The first-order valence-electron chi connectivity index (χ1n) is 5.89. The Morgan fingerprint density at radius 3 is 2.76 bits per heavy atom. The zero-order chi connectivity index (χ0) is 11.4. The van der Waals surface area contributed by atoms with Gasteiger partial charge in [0.05, 0.1) is 0 Å². The summed E-state index contributed by atoms with van der Waals surface area (Å²) < 4.78 is 0. The minimum atomic E-state index is 0. The molecule has 3 heteroatoms. The Kier molecular flexibility index (Phi) is 5.69. The van der Waals surface area contributed by atoms with Crippen LogP contribution in [-0.2, 0) is 6.54 Å². The Balaban J connectivity index is 0.00000144. The maximum atomic E-state index is 3.35. The Morgan fingerprint density at radius 1 is 1.29 bits per heavy atom. The summed E-state index contributed by atoms with van der Waals surface area (Å²) in [5, 5.41) is 3.35. The molecular formula is C14H21ClN2. The number of nitrogens with zero attached hydrogens (tertiary/aromatic N) is 1. The van der Waals surface area contributed by atoms with Crippen molar-refractivity contribution in [2.45, 2.75) is 13.0 Å². The number of halogens is 1. The summed E-state index contributed by atoms with van der Waals surface area (Å²) >= 11 is 0. The fraction of sp³-hybridized carbons (Fsp3) is 0.429. The van der Waals surface area contributed by atoms with E-state index in [2.05, 4.69) is 54.7 Å². The first-order chi connectivity index (χ1) is 7.75. The summed E-state index contributed by atoms with van der Waals surface area (Å²) in [6.07, 6.45) is 3.45. The highest BCUT2D eigenvalue weighted by molar-refractivity contribution is 5.85. The number of rotatable bonds is 3. The third-order valence-corrected chi connectivity index (χ3v) is 2.86. The Hall–Kier alpha value is -0.830. The van der Waals surface area contributed by atoms with Gasteiger partial charge >= 0.3 is 0 Å². The minimum Gasteiger partial charge on any atom is -0.313 e. The molecule has 1 aliphatic rings. The van der Waals surface area contributed by atoms with Gasteiger partial charge in [-0.25, -0.2) is 0 Å². The maximum Gasteiger partial charge on any atom is 0.0227 e. The number of nitrogens with one attached hydrogen (secondary N) is 1. The van der Waals surface area contributed by atoms with Gasteiger partial charge in [-0.2, -0.15) is 0 Å². The molecule has 0 unspecified atom stereocenters. The lowest BCUT2D eigenvalue weighted by molar-refractivity contribution is 0.402. The average molecular weight is 253 g/mol. The zero-order valence-corrected chi connectivity index (χ0v) is 11.4. The van der Waals surface area contributed by atoms with Crippen molar-refractivity contribution in [1.29, 1.82) is 0 Å². The van der Waals surface area contributed by atoms with Crippen molar-refractivity contribution in [3.05, 3.63) is 41.5 Å². The third-order valence-electron chi connectivity index (χ3n) is 2.86. The van der Waals surface area contributed by atoms with E-state index in [1.54, 1.807) is 0 Å². The van der Waals surface area contributed by atoms with Crippen LogP contribution >= 0.6 is 12.4 Å². The summed E-state index contributed by atoms with van der Waals surface area (Å²) in [6, 6.07) is 8.90. The Labute approximate surface area is 110 Å². The van der Waals surface area contributed by atoms with Crippen LogP contribution in [0.4, 0.5) is 0 Å². The summed E-state index contributed by atoms with van der Waals surface area (Å²) in [7, 11) is 4.22. The quantitative estimate of drug-likeness (QED) is 0.890. The topological polar surface area (TPSA) is 15.3 Å². The molecule has 2 rings (SSSR count). The molecular weight excluding hydrogens is 232 g/mol. The molecule has 0 spiro atoms. The second kappa shape index (κ2) is 6.80. The number of hydrogen-bond donors (Lipinski definition) is 1. The van der Waals surface area contributed by atoms with E-state index in [1.165, 1.54) is 16.7 Å². The van der Waals surface area contributed by atoms with Gasteiger partial charge in [-0.3, -0.25) is 0 Å². The monoisotopic (exact) mass is 252 g/mol. The first kappa shape index (κ1) is 14.2. The zero-order valence-electron chi connectivity index (χ0n) is 10.6. The van der Waals surface area contributed by atoms with Crippen molar-refractivity contribution in [3.8, 4) is 0 Å². The highest BCUT2D eigenvalue weighted by Gasteiger charge is 2.06. The fourth-order valence-electron chi connectivity index (χ4n) is 2.12. The van der Waals surface area contributed by atoms with E-state index in [-0.39, 0.29) is 12.4 Å². The van der Waals surface area contributed by atoms with Gasteiger partial charge in [-0.15, -0.1) is 12.4 Å². The van der Waals surface area contributed by atoms with Crippen LogP contribution in [0.5, 0.6) is 0 Å². The van der Waals surface area contributed by atoms with Crippen molar-refractivity contribution in [2.24, 2.45) is 0 Å². The lowest BCUT2D eigenvalue weighted by atomic mass is 9.98. The molecule has 1 aromatic rings. The molecule has 1 aliphatic heterocycles. The van der Waals surface area contributed by atoms with E-state index in [4.69, 9.17) is 0 Å². The lowest BCUT2D eigenvalue weighted by Gasteiger charge is -2.16. The Morgan fingerprint density at radius 2 is 2.12 bits per heavy atom. The minimum absolute atomic E-state index is 0. The highest BCUT2D eigenvalue weighted by atomic mass is 35.5. The van der Waals surface area contributed by atoms with E-state index in [1.807, 2.05) is 0 Å². The van der Waals surface area contributed by atoms with Crippen molar-refractivity contribution in [2.75, 3.05) is 27.2 Å². The van der Waals surface area contributed by atoms with Crippen molar-refractivity contribution in [1.82, 2.24) is 10.2 Å². The second-order valence-corrected chi connectivity index (χ2v) is 4.62. The predicted octanol–water partition coefficient (Wildman–Crippen LogP) is 2.55. The molecule has 0 saturated heterocycles. The van der Waals surface area contributed by atoms with E-state index in [0.717, 1.165) is 26.1 Å². The molecule has 1 aromatic carbocycles. The van der Waals surface area contributed by atoms with Crippen molar-refractivity contribution < 1.29 is 0 Å². The molecule has 0 amide bonds. The standard InChI is InChI=1S/C14H20N2.ClH/c1-16(2)11-12-4-3-5-14(10-12)13-6-8-15-9-7-13;/h3-6,10,15H,7-9,11H2,1-2H3;1H. The normalized spacial score (nSPS) is 15.4. The van der Waals surface area contributed by atoms with Crippen LogP contribution in [0, 0.1) is 0 Å². The molecule has 1 heterocycles. The second-order valence-electron chi connectivity index (χ2n) is 4.62. The van der Waals surface area contributed by atoms with E-state index >= 15 is 0 Å². The molecule has 0 aliphatic carbocycles. The Bertz CT molecular complexity index is 386. The van der Waals surface area contributed by atoms with E-state index < -0.39 is 0 Å². The molecule has 0 radical (unpaired) electrons. The lowest BCUT2D eigenvalue weighted by Crippen LogP contribution is -2.20. The molecule has 94 valence electrons. The average Bonchev–Trinajstić information content (AvgIpc) is 2.30. The van der Waals surface area contributed by atoms with Gasteiger partial charge in [0, 0.05) is 13.1 Å². The highest BCUT2D eigenvalue weighted by Crippen LogP contribution is 2.20. The van der Waals surface area contributed by atoms with Gasteiger partial charge < -0.3 is 10.2 Å². The molecule has 1 N–H and O–H groups in total. The SMILES string of the molecule is CN(C)Cc1cccc(C2=CCNCC2)c1.Cl. The van der Waals surface area contributed by atoms with Crippen molar-refractivity contribution in [3.63, 3.8) is 0 Å². The molecule has 0 bridgehead atoms. The van der Waals surface area contributed by atoms with Gasteiger partial charge in [0.1, 0.15) is 0 Å². The van der Waals surface area contributed by atoms with Gasteiger partial charge in [0.2, 0.25) is 0 Å². The smallest absolute Gasteiger partial charge is 0.0227 e. The van der Waals surface area contributed by atoms with Crippen LogP contribution in [0.2, 0.25) is 0 Å². The predicted molar refractivity (Wildman–Crippen MR) is 76.5 cm³/mol. The molecule has 0 aromatic heterocycles. The van der Waals surface area contributed by atoms with Gasteiger partial charge in [0.15, 0.2) is 0 Å². The van der Waals surface area contributed by atoms with Crippen LogP contribution in [0.1, 0.15) is 17.5 Å².